The molecule has 1 aromatic carbocycles. The Hall–Kier alpha value is -2.10. The third-order valence-electron chi connectivity index (χ3n) is 2.38. The number of hydrogen-bond donors (Lipinski definition) is 0. The van der Waals surface area contributed by atoms with Crippen LogP contribution < -0.4 is 0 Å². The normalized spacial score (nSPS) is 10.3. The predicted octanol–water partition coefficient (Wildman–Crippen LogP) is 1.76. The summed E-state index contributed by atoms with van der Waals surface area (Å²) in [5, 5.41) is 0. The summed E-state index contributed by atoms with van der Waals surface area (Å²) >= 11 is 0. The van der Waals surface area contributed by atoms with E-state index in [0.717, 1.165) is 5.56 Å². The van der Waals surface area contributed by atoms with E-state index in [4.69, 9.17) is 0 Å². The average Bonchev–Trinajstić information content (AvgIpc) is 2.39. The Morgan fingerprint density at radius 1 is 1.28 bits per heavy atom. The van der Waals surface area contributed by atoms with Gasteiger partial charge in [-0.15, -0.1) is 0 Å². The molecule has 0 radical (unpaired) electrons. The molecule has 4 heteroatoms. The molecule has 4 nitrogen and oxygen atoms in total. The number of ether oxygens (including phenoxy) is 1. The number of amides is 1. The van der Waals surface area contributed by atoms with Crippen molar-refractivity contribution >= 4 is 11.9 Å². The second-order valence-electron chi connectivity index (χ2n) is 3.76. The average molecular weight is 247 g/mol. The number of methoxy groups -OCH3 is 1. The van der Waals surface area contributed by atoms with Crippen LogP contribution in [0.1, 0.15) is 12.5 Å². The van der Waals surface area contributed by atoms with Crippen LogP contribution in [0.3, 0.4) is 0 Å². The molecule has 0 unspecified atom stereocenters. The van der Waals surface area contributed by atoms with Crippen LogP contribution in [-0.4, -0.2) is 30.4 Å². The smallest absolute Gasteiger partial charge is 0.325 e. The zero-order valence-corrected chi connectivity index (χ0v) is 10.6. The zero-order valence-electron chi connectivity index (χ0n) is 10.6. The number of rotatable bonds is 5. The highest BCUT2D eigenvalue weighted by atomic mass is 16.5. The van der Waals surface area contributed by atoms with Crippen LogP contribution in [0.2, 0.25) is 0 Å². The molecule has 0 aliphatic rings. The van der Waals surface area contributed by atoms with Gasteiger partial charge in [0.25, 0.3) is 0 Å². The molecule has 0 aliphatic carbocycles. The van der Waals surface area contributed by atoms with E-state index in [-0.39, 0.29) is 12.5 Å². The number of benzene rings is 1. The molecular formula is C14H17NO3. The van der Waals surface area contributed by atoms with Crippen molar-refractivity contribution in [3.05, 3.63) is 48.0 Å². The first-order valence-electron chi connectivity index (χ1n) is 5.69. The fourth-order valence-electron chi connectivity index (χ4n) is 1.48. The number of esters is 1. The summed E-state index contributed by atoms with van der Waals surface area (Å²) in [7, 11) is 1.31. The van der Waals surface area contributed by atoms with Crippen molar-refractivity contribution in [2.45, 2.75) is 13.5 Å². The van der Waals surface area contributed by atoms with E-state index in [1.807, 2.05) is 30.3 Å². The lowest BCUT2D eigenvalue weighted by Crippen LogP contribution is -2.34. The van der Waals surface area contributed by atoms with Gasteiger partial charge in [0.1, 0.15) is 6.54 Å². The van der Waals surface area contributed by atoms with Crippen molar-refractivity contribution in [2.75, 3.05) is 13.7 Å². The molecule has 96 valence electrons. The van der Waals surface area contributed by atoms with Crippen LogP contribution in [0.4, 0.5) is 0 Å². The number of allylic oxidation sites excluding steroid dienone is 1. The van der Waals surface area contributed by atoms with Crippen molar-refractivity contribution in [3.8, 4) is 0 Å². The molecule has 0 atom stereocenters. The number of nitrogens with zero attached hydrogens (tertiary/aromatic N) is 1. The van der Waals surface area contributed by atoms with Crippen molar-refractivity contribution in [2.24, 2.45) is 0 Å². The summed E-state index contributed by atoms with van der Waals surface area (Å²) < 4.78 is 4.59. The third-order valence-corrected chi connectivity index (χ3v) is 2.38. The second kappa shape index (κ2) is 7.27. The van der Waals surface area contributed by atoms with Crippen LogP contribution in [0.5, 0.6) is 0 Å². The Bertz CT molecular complexity index is 426. The van der Waals surface area contributed by atoms with Gasteiger partial charge in [-0.1, -0.05) is 36.4 Å². The Kier molecular flexibility index (Phi) is 5.64. The minimum absolute atomic E-state index is 0.0471. The van der Waals surface area contributed by atoms with Gasteiger partial charge in [-0.05, 0) is 18.6 Å². The molecule has 0 heterocycles. The topological polar surface area (TPSA) is 46.6 Å². The molecule has 18 heavy (non-hydrogen) atoms. The first-order valence-corrected chi connectivity index (χ1v) is 5.69. The van der Waals surface area contributed by atoms with Gasteiger partial charge in [0.05, 0.1) is 7.11 Å². The Morgan fingerprint density at radius 3 is 2.50 bits per heavy atom. The summed E-state index contributed by atoms with van der Waals surface area (Å²) in [6, 6.07) is 9.51. The molecule has 0 fully saturated rings. The molecular weight excluding hydrogens is 230 g/mol. The van der Waals surface area contributed by atoms with Crippen LogP contribution in [-0.2, 0) is 20.9 Å². The molecule has 0 aliphatic heterocycles. The van der Waals surface area contributed by atoms with E-state index in [2.05, 4.69) is 4.74 Å². The molecule has 0 N–H and O–H groups in total. The van der Waals surface area contributed by atoms with Crippen LogP contribution in [0.15, 0.2) is 42.5 Å². The lowest BCUT2D eigenvalue weighted by Gasteiger charge is -2.19. The zero-order chi connectivity index (χ0) is 13.4. The van der Waals surface area contributed by atoms with Crippen LogP contribution in [0.25, 0.3) is 0 Å². The highest BCUT2D eigenvalue weighted by Gasteiger charge is 2.15. The Morgan fingerprint density at radius 2 is 1.94 bits per heavy atom. The number of carbonyl (C=O) groups is 2. The summed E-state index contributed by atoms with van der Waals surface area (Å²) in [6.45, 7) is 2.10. The van der Waals surface area contributed by atoms with Gasteiger partial charge < -0.3 is 9.64 Å². The molecule has 0 bridgehead atoms. The van der Waals surface area contributed by atoms with Crippen LogP contribution >= 0.6 is 0 Å². The van der Waals surface area contributed by atoms with Gasteiger partial charge in [0.2, 0.25) is 5.91 Å². The van der Waals surface area contributed by atoms with Gasteiger partial charge in [0.15, 0.2) is 0 Å². The van der Waals surface area contributed by atoms with E-state index in [0.29, 0.717) is 6.54 Å². The van der Waals surface area contributed by atoms with Gasteiger partial charge in [-0.25, -0.2) is 0 Å². The lowest BCUT2D eigenvalue weighted by molar-refractivity contribution is -0.145. The summed E-state index contributed by atoms with van der Waals surface area (Å²) in [5.74, 6) is -0.629. The van der Waals surface area contributed by atoms with Gasteiger partial charge in [-0.3, -0.25) is 9.59 Å². The Balaban J connectivity index is 2.77. The van der Waals surface area contributed by atoms with E-state index < -0.39 is 5.97 Å². The van der Waals surface area contributed by atoms with E-state index in [9.17, 15) is 9.59 Å². The number of hydrogen-bond acceptors (Lipinski definition) is 3. The molecule has 0 saturated heterocycles. The van der Waals surface area contributed by atoms with E-state index >= 15 is 0 Å². The first-order chi connectivity index (χ1) is 8.67. The highest BCUT2D eigenvalue weighted by molar-refractivity contribution is 5.90. The fraction of sp³-hybridized carbons (Fsp3) is 0.286. The maximum atomic E-state index is 11.8. The lowest BCUT2D eigenvalue weighted by atomic mass is 10.2. The predicted molar refractivity (Wildman–Crippen MR) is 68.7 cm³/mol. The van der Waals surface area contributed by atoms with Gasteiger partial charge in [0, 0.05) is 6.54 Å². The van der Waals surface area contributed by atoms with Crippen LogP contribution in [0, 0.1) is 0 Å². The highest BCUT2D eigenvalue weighted by Crippen LogP contribution is 2.05. The minimum atomic E-state index is -0.427. The van der Waals surface area contributed by atoms with E-state index in [1.165, 1.54) is 18.1 Å². The summed E-state index contributed by atoms with van der Waals surface area (Å²) in [6.07, 6.45) is 3.09. The molecule has 0 aromatic heterocycles. The molecule has 1 rings (SSSR count). The quantitative estimate of drug-likeness (QED) is 0.588. The minimum Gasteiger partial charge on any atom is -0.468 e. The summed E-state index contributed by atoms with van der Waals surface area (Å²) in [5.41, 5.74) is 0.972. The van der Waals surface area contributed by atoms with Crippen molar-refractivity contribution in [1.82, 2.24) is 4.90 Å². The van der Waals surface area contributed by atoms with Gasteiger partial charge in [-0.2, -0.15) is 0 Å². The second-order valence-corrected chi connectivity index (χ2v) is 3.76. The summed E-state index contributed by atoms with van der Waals surface area (Å²) in [4.78, 5) is 24.6. The maximum Gasteiger partial charge on any atom is 0.325 e. The van der Waals surface area contributed by atoms with Crippen molar-refractivity contribution in [3.63, 3.8) is 0 Å². The molecule has 0 saturated carbocycles. The molecule has 1 aromatic rings. The largest absolute Gasteiger partial charge is 0.468 e. The monoisotopic (exact) mass is 247 g/mol. The van der Waals surface area contributed by atoms with Crippen molar-refractivity contribution in [1.29, 1.82) is 0 Å². The van der Waals surface area contributed by atoms with Crippen molar-refractivity contribution < 1.29 is 14.3 Å². The van der Waals surface area contributed by atoms with E-state index in [1.54, 1.807) is 13.0 Å². The van der Waals surface area contributed by atoms with Gasteiger partial charge >= 0.3 is 5.97 Å². The standard InChI is InChI=1S/C14H17NO3/c1-3-7-13(16)15(11-14(17)18-2)10-12-8-5-4-6-9-12/h3-9H,10-11H2,1-2H3. The molecule has 1 amide bonds. The number of carbonyl (C=O) groups excluding carboxylic acids is 2. The molecule has 0 spiro atoms. The first kappa shape index (κ1) is 14.0. The maximum absolute atomic E-state index is 11.8. The fourth-order valence-corrected chi connectivity index (χ4v) is 1.48. The Labute approximate surface area is 107 Å². The SMILES string of the molecule is CC=CC(=O)N(CC(=O)OC)Cc1ccccc1. The third kappa shape index (κ3) is 4.41.